The monoisotopic (exact) mass is 372 g/mol. The second-order valence-corrected chi connectivity index (χ2v) is 6.51. The molecule has 7 heteroatoms. The van der Waals surface area contributed by atoms with Gasteiger partial charge >= 0.3 is 0 Å². The first-order chi connectivity index (χ1) is 12.7. The Morgan fingerprint density at radius 3 is 2.54 bits per heavy atom. The molecule has 1 aromatic carbocycles. The van der Waals surface area contributed by atoms with E-state index >= 15 is 0 Å². The van der Waals surface area contributed by atoms with E-state index in [0.717, 1.165) is 32.0 Å². The Labute approximate surface area is 159 Å². The highest BCUT2D eigenvalue weighted by Gasteiger charge is 2.12. The van der Waals surface area contributed by atoms with Gasteiger partial charge in [0.25, 0.3) is 0 Å². The second kappa shape index (κ2) is 8.82. The summed E-state index contributed by atoms with van der Waals surface area (Å²) in [7, 11) is 1.59. The van der Waals surface area contributed by atoms with E-state index in [1.54, 1.807) is 19.4 Å². The average molecular weight is 372 g/mol. The Morgan fingerprint density at radius 2 is 1.92 bits per heavy atom. The van der Waals surface area contributed by atoms with E-state index in [0.29, 0.717) is 11.0 Å². The van der Waals surface area contributed by atoms with Gasteiger partial charge in [0.2, 0.25) is 5.88 Å². The number of benzene rings is 1. The summed E-state index contributed by atoms with van der Waals surface area (Å²) in [6.07, 6.45) is 1.69. The molecule has 0 saturated carbocycles. The first-order valence-corrected chi connectivity index (χ1v) is 9.07. The SMILES string of the molecule is COc1ccc(NC(=S)NC(C)c2ccc(N3CCOCC3)cc2)cn1. The van der Waals surface area contributed by atoms with Crippen LogP contribution in [0.3, 0.4) is 0 Å². The van der Waals surface area contributed by atoms with Crippen molar-refractivity contribution in [3.63, 3.8) is 0 Å². The minimum absolute atomic E-state index is 0.0972. The minimum Gasteiger partial charge on any atom is -0.481 e. The number of hydrogen-bond acceptors (Lipinski definition) is 5. The van der Waals surface area contributed by atoms with Crippen molar-refractivity contribution in [2.24, 2.45) is 0 Å². The largest absolute Gasteiger partial charge is 0.481 e. The van der Waals surface area contributed by atoms with Crippen molar-refractivity contribution in [3.8, 4) is 5.88 Å². The zero-order valence-electron chi connectivity index (χ0n) is 15.1. The Hall–Kier alpha value is -2.38. The fraction of sp³-hybridized carbons (Fsp3) is 0.368. The third kappa shape index (κ3) is 4.83. The first kappa shape index (κ1) is 18.4. The number of ether oxygens (including phenoxy) is 2. The predicted molar refractivity (Wildman–Crippen MR) is 108 cm³/mol. The number of methoxy groups -OCH3 is 1. The lowest BCUT2D eigenvalue weighted by molar-refractivity contribution is 0.122. The standard InChI is InChI=1S/C19H24N4O2S/c1-14(21-19(26)22-16-5-8-18(24-2)20-13-16)15-3-6-17(7-4-15)23-9-11-25-12-10-23/h3-8,13-14H,9-12H2,1-2H3,(H2,21,22,26). The molecule has 1 aliphatic heterocycles. The minimum atomic E-state index is 0.0972. The normalized spacial score (nSPS) is 15.2. The number of morpholine rings is 1. The lowest BCUT2D eigenvalue weighted by Gasteiger charge is -2.29. The molecule has 0 spiro atoms. The molecule has 1 saturated heterocycles. The van der Waals surface area contributed by atoms with Crippen LogP contribution in [-0.4, -0.2) is 43.5 Å². The molecule has 1 atom stereocenters. The van der Waals surface area contributed by atoms with Crippen LogP contribution in [0, 0.1) is 0 Å². The molecule has 1 unspecified atom stereocenters. The average Bonchev–Trinajstić information content (AvgIpc) is 2.69. The lowest BCUT2D eigenvalue weighted by Crippen LogP contribution is -2.36. The number of pyridine rings is 1. The van der Waals surface area contributed by atoms with Crippen LogP contribution in [0.4, 0.5) is 11.4 Å². The fourth-order valence-electron chi connectivity index (χ4n) is 2.82. The summed E-state index contributed by atoms with van der Waals surface area (Å²) in [5.74, 6) is 0.572. The Kier molecular flexibility index (Phi) is 6.25. The van der Waals surface area contributed by atoms with Crippen LogP contribution in [0.25, 0.3) is 0 Å². The van der Waals surface area contributed by atoms with Crippen molar-refractivity contribution >= 4 is 28.7 Å². The highest BCUT2D eigenvalue weighted by atomic mass is 32.1. The van der Waals surface area contributed by atoms with Gasteiger partial charge in [-0.2, -0.15) is 0 Å². The number of nitrogens with one attached hydrogen (secondary N) is 2. The van der Waals surface area contributed by atoms with Crippen molar-refractivity contribution in [2.45, 2.75) is 13.0 Å². The van der Waals surface area contributed by atoms with Gasteiger partial charge in [-0.15, -0.1) is 0 Å². The maximum absolute atomic E-state index is 5.40. The molecule has 1 aromatic heterocycles. The van der Waals surface area contributed by atoms with E-state index in [-0.39, 0.29) is 6.04 Å². The van der Waals surface area contributed by atoms with E-state index in [4.69, 9.17) is 21.7 Å². The summed E-state index contributed by atoms with van der Waals surface area (Å²) in [4.78, 5) is 6.50. The molecule has 1 aliphatic rings. The van der Waals surface area contributed by atoms with Crippen molar-refractivity contribution in [1.82, 2.24) is 10.3 Å². The van der Waals surface area contributed by atoms with E-state index in [1.807, 2.05) is 6.07 Å². The molecular weight excluding hydrogens is 348 g/mol. The van der Waals surface area contributed by atoms with Crippen LogP contribution < -0.4 is 20.3 Å². The molecule has 2 heterocycles. The molecule has 138 valence electrons. The predicted octanol–water partition coefficient (Wildman–Crippen LogP) is 2.97. The summed E-state index contributed by atoms with van der Waals surface area (Å²) in [5, 5.41) is 6.99. The molecule has 0 bridgehead atoms. The van der Waals surface area contributed by atoms with Crippen molar-refractivity contribution in [2.75, 3.05) is 43.6 Å². The Morgan fingerprint density at radius 1 is 1.19 bits per heavy atom. The van der Waals surface area contributed by atoms with Crippen LogP contribution in [0.5, 0.6) is 5.88 Å². The summed E-state index contributed by atoms with van der Waals surface area (Å²) >= 11 is 5.40. The third-order valence-corrected chi connectivity index (χ3v) is 4.54. The van der Waals surface area contributed by atoms with E-state index in [1.165, 1.54) is 11.3 Å². The van der Waals surface area contributed by atoms with Crippen molar-refractivity contribution < 1.29 is 9.47 Å². The van der Waals surface area contributed by atoms with E-state index in [9.17, 15) is 0 Å². The van der Waals surface area contributed by atoms with Crippen LogP contribution in [-0.2, 0) is 4.74 Å². The van der Waals surface area contributed by atoms with Gasteiger partial charge in [0.05, 0.1) is 38.2 Å². The molecule has 2 N–H and O–H groups in total. The number of rotatable bonds is 5. The number of aromatic nitrogens is 1. The zero-order valence-corrected chi connectivity index (χ0v) is 15.9. The van der Waals surface area contributed by atoms with Crippen molar-refractivity contribution in [1.29, 1.82) is 0 Å². The smallest absolute Gasteiger partial charge is 0.213 e. The molecule has 6 nitrogen and oxygen atoms in total. The second-order valence-electron chi connectivity index (χ2n) is 6.10. The molecular formula is C19H24N4O2S. The molecule has 26 heavy (non-hydrogen) atoms. The molecule has 2 aromatic rings. The van der Waals surface area contributed by atoms with Gasteiger partial charge in [-0.1, -0.05) is 12.1 Å². The Balaban J connectivity index is 1.54. The maximum Gasteiger partial charge on any atom is 0.213 e. The van der Waals surface area contributed by atoms with E-state index in [2.05, 4.69) is 51.7 Å². The highest BCUT2D eigenvalue weighted by molar-refractivity contribution is 7.80. The maximum atomic E-state index is 5.40. The summed E-state index contributed by atoms with van der Waals surface area (Å²) in [6.45, 7) is 5.55. The lowest BCUT2D eigenvalue weighted by atomic mass is 10.1. The molecule has 0 amide bonds. The van der Waals surface area contributed by atoms with Gasteiger partial charge in [0.1, 0.15) is 0 Å². The number of nitrogens with zero attached hydrogens (tertiary/aromatic N) is 2. The van der Waals surface area contributed by atoms with Gasteiger partial charge in [-0.25, -0.2) is 4.98 Å². The van der Waals surface area contributed by atoms with Crippen LogP contribution >= 0.6 is 12.2 Å². The van der Waals surface area contributed by atoms with Crippen LogP contribution in [0.1, 0.15) is 18.5 Å². The Bertz CT molecular complexity index is 715. The first-order valence-electron chi connectivity index (χ1n) is 8.66. The molecule has 0 radical (unpaired) electrons. The number of anilines is 2. The van der Waals surface area contributed by atoms with Gasteiger partial charge in [0.15, 0.2) is 5.11 Å². The molecule has 3 rings (SSSR count). The van der Waals surface area contributed by atoms with Gasteiger partial charge in [0, 0.05) is 24.8 Å². The van der Waals surface area contributed by atoms with Crippen LogP contribution in [0.2, 0.25) is 0 Å². The topological polar surface area (TPSA) is 58.7 Å². The van der Waals surface area contributed by atoms with Gasteiger partial charge in [-0.3, -0.25) is 0 Å². The molecule has 1 fully saturated rings. The van der Waals surface area contributed by atoms with Crippen LogP contribution in [0.15, 0.2) is 42.6 Å². The fourth-order valence-corrected chi connectivity index (χ4v) is 3.11. The molecule has 0 aliphatic carbocycles. The highest BCUT2D eigenvalue weighted by Crippen LogP contribution is 2.20. The van der Waals surface area contributed by atoms with Gasteiger partial charge in [-0.05, 0) is 42.9 Å². The summed E-state index contributed by atoms with van der Waals surface area (Å²) < 4.78 is 10.5. The number of hydrogen-bond donors (Lipinski definition) is 2. The summed E-state index contributed by atoms with van der Waals surface area (Å²) in [5.41, 5.74) is 3.23. The van der Waals surface area contributed by atoms with Crippen molar-refractivity contribution in [3.05, 3.63) is 48.2 Å². The zero-order chi connectivity index (χ0) is 18.4. The number of thiocarbonyl (C=S) groups is 1. The quantitative estimate of drug-likeness (QED) is 0.783. The van der Waals surface area contributed by atoms with Gasteiger partial charge < -0.3 is 25.0 Å². The third-order valence-electron chi connectivity index (χ3n) is 4.32. The van der Waals surface area contributed by atoms with E-state index < -0.39 is 0 Å². The summed E-state index contributed by atoms with van der Waals surface area (Å²) in [6, 6.07) is 12.4.